The van der Waals surface area contributed by atoms with Crippen LogP contribution in [0, 0.1) is 5.92 Å². The second-order valence-corrected chi connectivity index (χ2v) is 5.64. The SMILES string of the molecule is CC1(n2cncc2C(N)C2CCOC2)CCOC1. The molecule has 18 heavy (non-hydrogen) atoms. The van der Waals surface area contributed by atoms with Gasteiger partial charge in [0.15, 0.2) is 0 Å². The molecule has 1 aromatic heterocycles. The molecule has 2 aliphatic heterocycles. The predicted octanol–water partition coefficient (Wildman–Crippen LogP) is 1.05. The van der Waals surface area contributed by atoms with Gasteiger partial charge < -0.3 is 19.8 Å². The van der Waals surface area contributed by atoms with E-state index in [1.54, 1.807) is 0 Å². The van der Waals surface area contributed by atoms with Gasteiger partial charge in [0.25, 0.3) is 0 Å². The van der Waals surface area contributed by atoms with Crippen molar-refractivity contribution in [1.82, 2.24) is 9.55 Å². The van der Waals surface area contributed by atoms with E-state index in [4.69, 9.17) is 15.2 Å². The van der Waals surface area contributed by atoms with Gasteiger partial charge in [0.2, 0.25) is 0 Å². The number of hydrogen-bond acceptors (Lipinski definition) is 4. The molecule has 0 aromatic carbocycles. The lowest BCUT2D eigenvalue weighted by Gasteiger charge is -2.29. The van der Waals surface area contributed by atoms with Gasteiger partial charge in [-0.1, -0.05) is 0 Å². The summed E-state index contributed by atoms with van der Waals surface area (Å²) in [7, 11) is 0. The van der Waals surface area contributed by atoms with Gasteiger partial charge in [-0.25, -0.2) is 4.98 Å². The fourth-order valence-electron chi connectivity index (χ4n) is 2.93. The van der Waals surface area contributed by atoms with Crippen molar-refractivity contribution in [3.63, 3.8) is 0 Å². The molecule has 3 rings (SSSR count). The molecule has 3 unspecified atom stereocenters. The Labute approximate surface area is 107 Å². The molecule has 2 fully saturated rings. The Morgan fingerprint density at radius 1 is 1.50 bits per heavy atom. The van der Waals surface area contributed by atoms with Crippen molar-refractivity contribution < 1.29 is 9.47 Å². The number of hydrogen-bond donors (Lipinski definition) is 1. The van der Waals surface area contributed by atoms with Gasteiger partial charge in [-0.15, -0.1) is 0 Å². The Hall–Kier alpha value is -0.910. The zero-order valence-electron chi connectivity index (χ0n) is 10.8. The molecule has 3 heterocycles. The fraction of sp³-hybridized carbons (Fsp3) is 0.769. The summed E-state index contributed by atoms with van der Waals surface area (Å²) in [5, 5.41) is 0. The Bertz CT molecular complexity index is 406. The summed E-state index contributed by atoms with van der Waals surface area (Å²) in [6.07, 6.45) is 5.84. The van der Waals surface area contributed by atoms with Crippen LogP contribution in [-0.4, -0.2) is 36.0 Å². The van der Waals surface area contributed by atoms with Crippen LogP contribution in [-0.2, 0) is 15.0 Å². The molecule has 0 amide bonds. The van der Waals surface area contributed by atoms with E-state index in [1.807, 2.05) is 12.5 Å². The standard InChI is InChI=1S/C13H21N3O2/c1-13(3-5-18-8-13)16-9-15-6-11(16)12(14)10-2-4-17-7-10/h6,9-10,12H,2-5,7-8,14H2,1H3. The third-order valence-corrected chi connectivity index (χ3v) is 4.26. The van der Waals surface area contributed by atoms with Crippen LogP contribution in [0.4, 0.5) is 0 Å². The zero-order chi connectivity index (χ0) is 12.6. The zero-order valence-corrected chi connectivity index (χ0v) is 10.8. The van der Waals surface area contributed by atoms with Crippen molar-refractivity contribution in [2.24, 2.45) is 11.7 Å². The highest BCUT2D eigenvalue weighted by atomic mass is 16.5. The fourth-order valence-corrected chi connectivity index (χ4v) is 2.93. The molecule has 2 N–H and O–H groups in total. The molecule has 2 saturated heterocycles. The number of nitrogens with zero attached hydrogens (tertiary/aromatic N) is 2. The van der Waals surface area contributed by atoms with Crippen LogP contribution < -0.4 is 5.73 Å². The summed E-state index contributed by atoms with van der Waals surface area (Å²) in [4.78, 5) is 4.29. The van der Waals surface area contributed by atoms with Crippen molar-refractivity contribution >= 4 is 0 Å². The maximum Gasteiger partial charge on any atom is 0.0954 e. The van der Waals surface area contributed by atoms with Crippen LogP contribution in [0.1, 0.15) is 31.5 Å². The maximum atomic E-state index is 6.39. The second-order valence-electron chi connectivity index (χ2n) is 5.64. The summed E-state index contributed by atoms with van der Waals surface area (Å²) in [5.41, 5.74) is 7.50. The molecule has 0 aliphatic carbocycles. The normalized spacial score (nSPS) is 34.0. The third-order valence-electron chi connectivity index (χ3n) is 4.26. The average Bonchev–Trinajstić information content (AvgIpc) is 3.10. The Kier molecular flexibility index (Phi) is 3.13. The van der Waals surface area contributed by atoms with Gasteiger partial charge in [-0.2, -0.15) is 0 Å². The van der Waals surface area contributed by atoms with Crippen molar-refractivity contribution in [3.8, 4) is 0 Å². The number of aromatic nitrogens is 2. The third kappa shape index (κ3) is 1.96. The van der Waals surface area contributed by atoms with Crippen molar-refractivity contribution in [1.29, 1.82) is 0 Å². The molecular formula is C13H21N3O2. The first-order valence-electron chi connectivity index (χ1n) is 6.64. The van der Waals surface area contributed by atoms with Crippen molar-refractivity contribution in [2.45, 2.75) is 31.3 Å². The van der Waals surface area contributed by atoms with Crippen LogP contribution in [0.2, 0.25) is 0 Å². The van der Waals surface area contributed by atoms with Crippen molar-refractivity contribution in [3.05, 3.63) is 18.2 Å². The molecular weight excluding hydrogens is 230 g/mol. The molecule has 3 atom stereocenters. The van der Waals surface area contributed by atoms with Gasteiger partial charge in [0.05, 0.1) is 36.8 Å². The molecule has 5 heteroatoms. The summed E-state index contributed by atoms with van der Waals surface area (Å²) in [6, 6.07) is 0.00687. The van der Waals surface area contributed by atoms with Crippen molar-refractivity contribution in [2.75, 3.05) is 26.4 Å². The molecule has 0 bridgehead atoms. The van der Waals surface area contributed by atoms with Gasteiger partial charge >= 0.3 is 0 Å². The number of imidazole rings is 1. The minimum atomic E-state index is 0.00289. The van der Waals surface area contributed by atoms with Crippen LogP contribution in [0.3, 0.4) is 0 Å². The smallest absolute Gasteiger partial charge is 0.0954 e. The first-order chi connectivity index (χ1) is 8.71. The van der Waals surface area contributed by atoms with Crippen LogP contribution >= 0.6 is 0 Å². The highest BCUT2D eigenvalue weighted by Crippen LogP contribution is 2.33. The lowest BCUT2D eigenvalue weighted by molar-refractivity contribution is 0.157. The quantitative estimate of drug-likeness (QED) is 0.872. The average molecular weight is 251 g/mol. The summed E-state index contributed by atoms with van der Waals surface area (Å²) < 4.78 is 13.2. The van der Waals surface area contributed by atoms with E-state index in [0.717, 1.165) is 45.0 Å². The molecule has 0 radical (unpaired) electrons. The van der Waals surface area contributed by atoms with E-state index in [2.05, 4.69) is 16.5 Å². The summed E-state index contributed by atoms with van der Waals surface area (Å²) in [6.45, 7) is 5.36. The number of ether oxygens (including phenoxy) is 2. The monoisotopic (exact) mass is 251 g/mol. The lowest BCUT2D eigenvalue weighted by atomic mass is 9.95. The molecule has 5 nitrogen and oxygen atoms in total. The number of nitrogens with two attached hydrogens (primary N) is 1. The van der Waals surface area contributed by atoms with Gasteiger partial charge in [0, 0.05) is 25.3 Å². The molecule has 0 spiro atoms. The topological polar surface area (TPSA) is 62.3 Å². The van der Waals surface area contributed by atoms with E-state index in [1.165, 1.54) is 0 Å². The largest absolute Gasteiger partial charge is 0.381 e. The summed E-state index contributed by atoms with van der Waals surface area (Å²) >= 11 is 0. The van der Waals surface area contributed by atoms with Gasteiger partial charge in [-0.05, 0) is 19.8 Å². The second kappa shape index (κ2) is 4.64. The van der Waals surface area contributed by atoms with E-state index in [9.17, 15) is 0 Å². The molecule has 2 aliphatic rings. The molecule has 100 valence electrons. The van der Waals surface area contributed by atoms with E-state index in [-0.39, 0.29) is 11.6 Å². The number of rotatable bonds is 3. The minimum absolute atomic E-state index is 0.00289. The highest BCUT2D eigenvalue weighted by molar-refractivity contribution is 5.11. The highest BCUT2D eigenvalue weighted by Gasteiger charge is 2.35. The Morgan fingerprint density at radius 2 is 2.39 bits per heavy atom. The summed E-state index contributed by atoms with van der Waals surface area (Å²) in [5.74, 6) is 0.409. The van der Waals surface area contributed by atoms with E-state index >= 15 is 0 Å². The first-order valence-corrected chi connectivity index (χ1v) is 6.64. The molecule has 0 saturated carbocycles. The molecule has 1 aromatic rings. The Morgan fingerprint density at radius 3 is 3.06 bits per heavy atom. The van der Waals surface area contributed by atoms with E-state index < -0.39 is 0 Å². The first kappa shape index (κ1) is 12.1. The van der Waals surface area contributed by atoms with Crippen LogP contribution in [0.5, 0.6) is 0 Å². The van der Waals surface area contributed by atoms with Gasteiger partial charge in [-0.3, -0.25) is 0 Å². The van der Waals surface area contributed by atoms with Crippen LogP contribution in [0.25, 0.3) is 0 Å². The maximum absolute atomic E-state index is 6.39. The minimum Gasteiger partial charge on any atom is -0.381 e. The lowest BCUT2D eigenvalue weighted by Crippen LogP contribution is -2.35. The predicted molar refractivity (Wildman–Crippen MR) is 67.2 cm³/mol. The van der Waals surface area contributed by atoms with E-state index in [0.29, 0.717) is 5.92 Å². The van der Waals surface area contributed by atoms with Crippen LogP contribution in [0.15, 0.2) is 12.5 Å². The Balaban J connectivity index is 1.86. The van der Waals surface area contributed by atoms with Gasteiger partial charge in [0.1, 0.15) is 0 Å².